The molecule has 7 heteroatoms. The summed E-state index contributed by atoms with van der Waals surface area (Å²) in [6.45, 7) is 0. The zero-order valence-electron chi connectivity index (χ0n) is 9.66. The summed E-state index contributed by atoms with van der Waals surface area (Å²) < 4.78 is 19.0. The molecule has 0 heterocycles. The smallest absolute Gasteiger partial charge is 0.339 e. The molecule has 0 bridgehead atoms. The predicted octanol–water partition coefficient (Wildman–Crippen LogP) is 5.28. The van der Waals surface area contributed by atoms with Crippen molar-refractivity contribution in [2.45, 2.75) is 0 Å². The second-order valence-electron chi connectivity index (χ2n) is 3.72. The lowest BCUT2D eigenvalue weighted by Gasteiger charge is -2.11. The van der Waals surface area contributed by atoms with Crippen LogP contribution in [0.25, 0.3) is 0 Å². The number of halogens is 4. The number of hydrogen-bond donors (Lipinski definition) is 1. The third-order valence-corrected chi connectivity index (χ3v) is 3.40. The van der Waals surface area contributed by atoms with Crippen LogP contribution >= 0.6 is 34.8 Å². The van der Waals surface area contributed by atoms with Gasteiger partial charge in [-0.1, -0.05) is 40.9 Å². The molecule has 1 N–H and O–H groups in total. The minimum absolute atomic E-state index is 0.00802. The van der Waals surface area contributed by atoms with Crippen molar-refractivity contribution in [2.75, 3.05) is 0 Å². The molecule has 104 valence electrons. The Labute approximate surface area is 128 Å². The summed E-state index contributed by atoms with van der Waals surface area (Å²) >= 11 is 17.5. The molecule has 2 aromatic carbocycles. The van der Waals surface area contributed by atoms with E-state index in [0.29, 0.717) is 0 Å². The zero-order chi connectivity index (χ0) is 14.9. The fraction of sp³-hybridized carbons (Fsp3) is 0. The molecule has 20 heavy (non-hydrogen) atoms. The van der Waals surface area contributed by atoms with Crippen LogP contribution in [-0.2, 0) is 0 Å². The van der Waals surface area contributed by atoms with Crippen molar-refractivity contribution in [1.29, 1.82) is 0 Å². The van der Waals surface area contributed by atoms with E-state index in [1.54, 1.807) is 0 Å². The van der Waals surface area contributed by atoms with Gasteiger partial charge in [-0.05, 0) is 18.2 Å². The average molecular weight is 336 g/mol. The summed E-state index contributed by atoms with van der Waals surface area (Å²) in [5, 5.41) is 9.45. The average Bonchev–Trinajstić information content (AvgIpc) is 2.37. The number of carbonyl (C=O) groups is 1. The number of aromatic carboxylic acids is 1. The van der Waals surface area contributed by atoms with Crippen LogP contribution in [0.1, 0.15) is 10.4 Å². The van der Waals surface area contributed by atoms with Crippen LogP contribution in [0.2, 0.25) is 15.1 Å². The maximum Gasteiger partial charge on any atom is 0.339 e. The van der Waals surface area contributed by atoms with E-state index in [0.717, 1.165) is 6.07 Å². The van der Waals surface area contributed by atoms with Gasteiger partial charge in [-0.25, -0.2) is 9.18 Å². The van der Waals surface area contributed by atoms with Gasteiger partial charge in [0.25, 0.3) is 0 Å². The minimum atomic E-state index is -1.32. The van der Waals surface area contributed by atoms with Crippen molar-refractivity contribution in [2.24, 2.45) is 0 Å². The topological polar surface area (TPSA) is 46.5 Å². The van der Waals surface area contributed by atoms with E-state index in [-0.39, 0.29) is 26.4 Å². The van der Waals surface area contributed by atoms with Gasteiger partial charge in [0, 0.05) is 6.07 Å². The Morgan fingerprint density at radius 3 is 2.40 bits per heavy atom. The molecule has 0 aliphatic rings. The fourth-order valence-electron chi connectivity index (χ4n) is 1.47. The molecular weight excluding hydrogens is 329 g/mol. The summed E-state index contributed by atoms with van der Waals surface area (Å²) in [6.07, 6.45) is 0. The Kier molecular flexibility index (Phi) is 4.38. The van der Waals surface area contributed by atoms with Crippen molar-refractivity contribution in [1.82, 2.24) is 0 Å². The van der Waals surface area contributed by atoms with Gasteiger partial charge < -0.3 is 9.84 Å². The maximum absolute atomic E-state index is 13.7. The van der Waals surface area contributed by atoms with Crippen LogP contribution in [0.4, 0.5) is 4.39 Å². The first kappa shape index (κ1) is 14.9. The summed E-state index contributed by atoms with van der Waals surface area (Å²) in [5.74, 6) is -2.59. The van der Waals surface area contributed by atoms with Crippen LogP contribution in [0.15, 0.2) is 30.3 Å². The van der Waals surface area contributed by atoms with Gasteiger partial charge in [0.1, 0.15) is 11.3 Å². The predicted molar refractivity (Wildman–Crippen MR) is 74.9 cm³/mol. The molecule has 0 saturated heterocycles. The minimum Gasteiger partial charge on any atom is -0.478 e. The van der Waals surface area contributed by atoms with Crippen molar-refractivity contribution in [3.63, 3.8) is 0 Å². The molecule has 3 nitrogen and oxygen atoms in total. The Morgan fingerprint density at radius 2 is 1.75 bits per heavy atom. The number of benzene rings is 2. The highest BCUT2D eigenvalue weighted by Crippen LogP contribution is 2.38. The number of para-hydroxylation sites is 1. The van der Waals surface area contributed by atoms with Crippen molar-refractivity contribution in [3.05, 3.63) is 56.8 Å². The number of carboxylic acid groups (broad SMARTS) is 1. The Balaban J connectivity index is 2.50. The van der Waals surface area contributed by atoms with Gasteiger partial charge in [0.2, 0.25) is 0 Å². The Bertz CT molecular complexity index is 689. The van der Waals surface area contributed by atoms with E-state index >= 15 is 0 Å². The molecular formula is C13H6Cl3FO3. The highest BCUT2D eigenvalue weighted by atomic mass is 35.5. The van der Waals surface area contributed by atoms with Gasteiger partial charge in [-0.3, -0.25) is 0 Å². The molecule has 0 amide bonds. The van der Waals surface area contributed by atoms with E-state index in [9.17, 15) is 9.18 Å². The van der Waals surface area contributed by atoms with Crippen molar-refractivity contribution >= 4 is 40.8 Å². The summed E-state index contributed by atoms with van der Waals surface area (Å²) in [7, 11) is 0. The van der Waals surface area contributed by atoms with Gasteiger partial charge in [0.05, 0.1) is 15.1 Å². The quantitative estimate of drug-likeness (QED) is 0.777. The van der Waals surface area contributed by atoms with Crippen molar-refractivity contribution in [3.8, 4) is 11.5 Å². The number of carboxylic acids is 1. The molecule has 0 unspecified atom stereocenters. The van der Waals surface area contributed by atoms with Crippen molar-refractivity contribution < 1.29 is 19.0 Å². The lowest BCUT2D eigenvalue weighted by atomic mass is 10.2. The maximum atomic E-state index is 13.7. The molecule has 0 atom stereocenters. The molecule has 0 spiro atoms. The highest BCUT2D eigenvalue weighted by molar-refractivity contribution is 6.43. The molecule has 0 aliphatic carbocycles. The van der Waals surface area contributed by atoms with Crippen LogP contribution in [0.3, 0.4) is 0 Å². The van der Waals surface area contributed by atoms with Crippen LogP contribution in [0.5, 0.6) is 11.5 Å². The number of rotatable bonds is 3. The second-order valence-corrected chi connectivity index (χ2v) is 4.94. The third-order valence-electron chi connectivity index (χ3n) is 2.38. The first-order valence-corrected chi connectivity index (χ1v) is 6.37. The van der Waals surface area contributed by atoms with Gasteiger partial charge >= 0.3 is 5.97 Å². The molecule has 2 aromatic rings. The second kappa shape index (κ2) is 5.87. The lowest BCUT2D eigenvalue weighted by molar-refractivity contribution is 0.0693. The van der Waals surface area contributed by atoms with Gasteiger partial charge in [-0.2, -0.15) is 0 Å². The largest absolute Gasteiger partial charge is 0.478 e. The molecule has 2 rings (SSSR count). The van der Waals surface area contributed by atoms with E-state index in [1.807, 2.05) is 0 Å². The summed E-state index contributed by atoms with van der Waals surface area (Å²) in [4.78, 5) is 11.0. The Hall–Kier alpha value is -1.49. The van der Waals surface area contributed by atoms with Crippen LogP contribution < -0.4 is 4.74 Å². The van der Waals surface area contributed by atoms with Crippen LogP contribution in [-0.4, -0.2) is 11.1 Å². The molecule has 0 fully saturated rings. The zero-order valence-corrected chi connectivity index (χ0v) is 11.9. The van der Waals surface area contributed by atoms with E-state index in [4.69, 9.17) is 44.6 Å². The molecule has 0 aromatic heterocycles. The molecule has 0 saturated carbocycles. The fourth-order valence-corrected chi connectivity index (χ4v) is 2.05. The highest BCUT2D eigenvalue weighted by Gasteiger charge is 2.18. The summed E-state index contributed by atoms with van der Waals surface area (Å²) in [5.41, 5.74) is -0.327. The first-order valence-electron chi connectivity index (χ1n) is 5.24. The summed E-state index contributed by atoms with van der Waals surface area (Å²) in [6, 6.07) is 6.16. The normalized spacial score (nSPS) is 10.4. The standard InChI is InChI=1S/C13H6Cl3FO3/c14-7-4-9(16)11(5-8(7)15)20-12-6(13(18)19)2-1-3-10(12)17/h1-5H,(H,18,19). The molecule has 0 radical (unpaired) electrons. The first-order chi connectivity index (χ1) is 9.40. The third kappa shape index (κ3) is 2.98. The molecule has 0 aliphatic heterocycles. The van der Waals surface area contributed by atoms with E-state index < -0.39 is 17.5 Å². The van der Waals surface area contributed by atoms with Gasteiger partial charge in [0.15, 0.2) is 11.6 Å². The lowest BCUT2D eigenvalue weighted by Crippen LogP contribution is -2.02. The van der Waals surface area contributed by atoms with E-state index in [1.165, 1.54) is 24.3 Å². The Morgan fingerprint density at radius 1 is 1.10 bits per heavy atom. The van der Waals surface area contributed by atoms with Gasteiger partial charge in [-0.15, -0.1) is 0 Å². The number of ether oxygens (including phenoxy) is 1. The monoisotopic (exact) mass is 334 g/mol. The number of hydrogen-bond acceptors (Lipinski definition) is 2. The van der Waals surface area contributed by atoms with Crippen LogP contribution in [0, 0.1) is 5.82 Å². The van der Waals surface area contributed by atoms with E-state index in [2.05, 4.69) is 0 Å². The SMILES string of the molecule is O=C(O)c1cccc(F)c1Oc1cc(Cl)c(Cl)cc1Cl.